The van der Waals surface area contributed by atoms with Crippen molar-refractivity contribution in [3.05, 3.63) is 34.1 Å². The second-order valence-electron chi connectivity index (χ2n) is 4.18. The van der Waals surface area contributed by atoms with Crippen LogP contribution in [0.3, 0.4) is 0 Å². The molecule has 0 fully saturated rings. The molecular formula is C14H13F3O6. The van der Waals surface area contributed by atoms with Gasteiger partial charge in [-0.25, -0.2) is 22.8 Å². The molecule has 0 spiro atoms. The summed E-state index contributed by atoms with van der Waals surface area (Å²) in [6.07, 6.45) is -1.22. The second kappa shape index (κ2) is 7.61. The van der Waals surface area contributed by atoms with Crippen molar-refractivity contribution in [1.29, 1.82) is 0 Å². The molecule has 0 aliphatic rings. The number of rotatable bonds is 6. The van der Waals surface area contributed by atoms with E-state index in [0.29, 0.717) is 0 Å². The highest BCUT2D eigenvalue weighted by atomic mass is 19.2. The zero-order chi connectivity index (χ0) is 17.7. The van der Waals surface area contributed by atoms with Gasteiger partial charge in [-0.3, -0.25) is 4.79 Å². The number of carbonyl (C=O) groups excluding carboxylic acids is 2. The van der Waals surface area contributed by atoms with Crippen LogP contribution >= 0.6 is 0 Å². The number of carboxylic acid groups (broad SMARTS) is 1. The molecule has 0 unspecified atom stereocenters. The van der Waals surface area contributed by atoms with Gasteiger partial charge in [0, 0.05) is 5.56 Å². The number of hydrogen-bond acceptors (Lipinski definition) is 5. The summed E-state index contributed by atoms with van der Waals surface area (Å²) in [6, 6.07) is 0. The van der Waals surface area contributed by atoms with Gasteiger partial charge >= 0.3 is 17.9 Å². The zero-order valence-electron chi connectivity index (χ0n) is 12.2. The summed E-state index contributed by atoms with van der Waals surface area (Å²) in [5.74, 6) is -9.97. The third kappa shape index (κ3) is 3.79. The highest BCUT2D eigenvalue weighted by molar-refractivity contribution is 6.04. The van der Waals surface area contributed by atoms with E-state index >= 15 is 0 Å². The molecular weight excluding hydrogens is 321 g/mol. The summed E-state index contributed by atoms with van der Waals surface area (Å²) in [4.78, 5) is 34.2. The SMILES string of the molecule is CCOC(=O)c1c(F)c(F)c(CC(=O)O)c(F)c1C(=O)OCC. The summed E-state index contributed by atoms with van der Waals surface area (Å²) in [5.41, 5.74) is -3.65. The van der Waals surface area contributed by atoms with Crippen LogP contribution in [-0.2, 0) is 20.7 Å². The van der Waals surface area contributed by atoms with Crippen molar-refractivity contribution in [2.24, 2.45) is 0 Å². The molecule has 0 bridgehead atoms. The summed E-state index contributed by atoms with van der Waals surface area (Å²) in [5, 5.41) is 8.64. The van der Waals surface area contributed by atoms with Gasteiger partial charge in [-0.15, -0.1) is 0 Å². The first-order valence-electron chi connectivity index (χ1n) is 6.51. The molecule has 0 atom stereocenters. The van der Waals surface area contributed by atoms with Gasteiger partial charge in [-0.1, -0.05) is 0 Å². The Morgan fingerprint density at radius 3 is 1.70 bits per heavy atom. The second-order valence-corrected chi connectivity index (χ2v) is 4.18. The van der Waals surface area contributed by atoms with E-state index in [1.807, 2.05) is 0 Å². The minimum atomic E-state index is -1.87. The van der Waals surface area contributed by atoms with Crippen LogP contribution in [0.1, 0.15) is 40.1 Å². The first-order valence-corrected chi connectivity index (χ1v) is 6.51. The van der Waals surface area contributed by atoms with Crippen molar-refractivity contribution in [1.82, 2.24) is 0 Å². The number of hydrogen-bond donors (Lipinski definition) is 1. The van der Waals surface area contributed by atoms with Crippen LogP contribution < -0.4 is 0 Å². The first kappa shape index (κ1) is 18.5. The lowest BCUT2D eigenvalue weighted by atomic mass is 9.99. The molecule has 0 heterocycles. The van der Waals surface area contributed by atoms with Crippen molar-refractivity contribution in [3.63, 3.8) is 0 Å². The number of halogens is 3. The van der Waals surface area contributed by atoms with Gasteiger partial charge in [0.15, 0.2) is 11.6 Å². The van der Waals surface area contributed by atoms with Crippen molar-refractivity contribution in [2.45, 2.75) is 20.3 Å². The van der Waals surface area contributed by atoms with Gasteiger partial charge in [0.2, 0.25) is 0 Å². The minimum Gasteiger partial charge on any atom is -0.481 e. The Balaban J connectivity index is 3.70. The molecule has 0 saturated carbocycles. The van der Waals surface area contributed by atoms with Crippen LogP contribution in [0, 0.1) is 17.5 Å². The molecule has 126 valence electrons. The molecule has 9 heteroatoms. The molecule has 0 aromatic heterocycles. The van der Waals surface area contributed by atoms with Crippen LogP contribution in [0.25, 0.3) is 0 Å². The lowest BCUT2D eigenvalue weighted by Crippen LogP contribution is -2.22. The van der Waals surface area contributed by atoms with E-state index in [2.05, 4.69) is 9.47 Å². The van der Waals surface area contributed by atoms with Crippen LogP contribution in [0.4, 0.5) is 13.2 Å². The van der Waals surface area contributed by atoms with Gasteiger partial charge in [0.05, 0.1) is 19.6 Å². The predicted octanol–water partition coefficient (Wildman–Crippen LogP) is 2.08. The van der Waals surface area contributed by atoms with Gasteiger partial charge in [-0.2, -0.15) is 0 Å². The lowest BCUT2D eigenvalue weighted by molar-refractivity contribution is -0.136. The quantitative estimate of drug-likeness (QED) is 0.633. The molecule has 1 aromatic rings. The summed E-state index contributed by atoms with van der Waals surface area (Å²) >= 11 is 0. The molecule has 0 aliphatic carbocycles. The summed E-state index contributed by atoms with van der Waals surface area (Å²) in [6.45, 7) is 2.28. The smallest absolute Gasteiger partial charge is 0.342 e. The monoisotopic (exact) mass is 334 g/mol. The Morgan fingerprint density at radius 2 is 1.30 bits per heavy atom. The molecule has 0 saturated heterocycles. The molecule has 6 nitrogen and oxygen atoms in total. The van der Waals surface area contributed by atoms with Crippen LogP contribution in [0.2, 0.25) is 0 Å². The average molecular weight is 334 g/mol. The van der Waals surface area contributed by atoms with E-state index in [9.17, 15) is 27.6 Å². The maximum Gasteiger partial charge on any atom is 0.342 e. The molecule has 1 rings (SSSR count). The number of ether oxygens (including phenoxy) is 2. The topological polar surface area (TPSA) is 89.9 Å². The van der Waals surface area contributed by atoms with Crippen LogP contribution in [-0.4, -0.2) is 36.2 Å². The Morgan fingerprint density at radius 1 is 0.870 bits per heavy atom. The largest absolute Gasteiger partial charge is 0.481 e. The lowest BCUT2D eigenvalue weighted by Gasteiger charge is -2.14. The van der Waals surface area contributed by atoms with Crippen molar-refractivity contribution < 1.29 is 42.1 Å². The first-order chi connectivity index (χ1) is 10.8. The van der Waals surface area contributed by atoms with Crippen molar-refractivity contribution in [2.75, 3.05) is 13.2 Å². The van der Waals surface area contributed by atoms with Crippen molar-refractivity contribution in [3.8, 4) is 0 Å². The van der Waals surface area contributed by atoms with E-state index in [0.717, 1.165) is 0 Å². The highest BCUT2D eigenvalue weighted by Gasteiger charge is 2.34. The molecule has 23 heavy (non-hydrogen) atoms. The Bertz CT molecular complexity index is 657. The fourth-order valence-electron chi connectivity index (χ4n) is 1.81. The Hall–Kier alpha value is -2.58. The zero-order valence-corrected chi connectivity index (χ0v) is 12.2. The van der Waals surface area contributed by atoms with Crippen molar-refractivity contribution >= 4 is 17.9 Å². The number of benzene rings is 1. The third-order valence-corrected chi connectivity index (χ3v) is 2.70. The van der Waals surface area contributed by atoms with E-state index in [4.69, 9.17) is 5.11 Å². The van der Waals surface area contributed by atoms with Gasteiger partial charge < -0.3 is 14.6 Å². The Kier molecular flexibility index (Phi) is 6.11. The summed E-state index contributed by atoms with van der Waals surface area (Å²) in [7, 11) is 0. The maximum atomic E-state index is 14.3. The van der Waals surface area contributed by atoms with E-state index < -0.39 is 58.5 Å². The van der Waals surface area contributed by atoms with Gasteiger partial charge in [-0.05, 0) is 13.8 Å². The number of esters is 2. The van der Waals surface area contributed by atoms with Crippen LogP contribution in [0.5, 0.6) is 0 Å². The van der Waals surface area contributed by atoms with E-state index in [1.54, 1.807) is 0 Å². The standard InChI is InChI=1S/C14H13F3O6/c1-3-22-13(20)8-9(14(21)23-4-2)12(17)11(16)6(10(8)15)5-7(18)19/h3-5H2,1-2H3,(H,18,19). The van der Waals surface area contributed by atoms with E-state index in [-0.39, 0.29) is 13.2 Å². The third-order valence-electron chi connectivity index (χ3n) is 2.70. The van der Waals surface area contributed by atoms with E-state index in [1.165, 1.54) is 13.8 Å². The molecule has 0 amide bonds. The maximum absolute atomic E-state index is 14.3. The molecule has 1 N–H and O–H groups in total. The molecule has 1 aromatic carbocycles. The van der Waals surface area contributed by atoms with Gasteiger partial charge in [0.1, 0.15) is 16.9 Å². The fourth-order valence-corrected chi connectivity index (χ4v) is 1.81. The normalized spacial score (nSPS) is 10.3. The van der Waals surface area contributed by atoms with Gasteiger partial charge in [0.25, 0.3) is 0 Å². The summed E-state index contributed by atoms with van der Waals surface area (Å²) < 4.78 is 51.3. The fraction of sp³-hybridized carbons (Fsp3) is 0.357. The highest BCUT2D eigenvalue weighted by Crippen LogP contribution is 2.27. The number of carboxylic acids is 1. The Labute approximate surface area is 128 Å². The average Bonchev–Trinajstić information content (AvgIpc) is 2.47. The minimum absolute atomic E-state index is 0.228. The molecule has 0 radical (unpaired) electrons. The van der Waals surface area contributed by atoms with Crippen LogP contribution in [0.15, 0.2) is 0 Å². The number of aliphatic carboxylic acids is 1. The predicted molar refractivity (Wildman–Crippen MR) is 69.6 cm³/mol. The molecule has 0 aliphatic heterocycles. The number of carbonyl (C=O) groups is 3.